The number of azide groups is 1. The van der Waals surface area contributed by atoms with E-state index in [1.807, 2.05) is 0 Å². The van der Waals surface area contributed by atoms with Gasteiger partial charge in [-0.2, -0.15) is 0 Å². The van der Waals surface area contributed by atoms with E-state index in [4.69, 9.17) is 15.4 Å². The van der Waals surface area contributed by atoms with Crippen molar-refractivity contribution in [2.45, 2.75) is 30.6 Å². The molecule has 1 amide bonds. The van der Waals surface area contributed by atoms with Crippen LogP contribution in [0, 0.1) is 0 Å². The number of aliphatic hydroxyl groups is 4. The first-order chi connectivity index (χ1) is 8.51. The van der Waals surface area contributed by atoms with Gasteiger partial charge in [0.2, 0.25) is 5.91 Å². The van der Waals surface area contributed by atoms with Crippen molar-refractivity contribution < 1.29 is 30.0 Å². The van der Waals surface area contributed by atoms with Crippen molar-refractivity contribution in [3.8, 4) is 0 Å². The third-order valence-electron chi connectivity index (χ3n) is 2.51. The predicted octanol–water partition coefficient (Wildman–Crippen LogP) is -2.79. The molecule has 0 radical (unpaired) electrons. The molecule has 1 unspecified atom stereocenters. The molecule has 1 rings (SSSR count). The van der Waals surface area contributed by atoms with Crippen molar-refractivity contribution in [2.24, 2.45) is 5.11 Å². The number of carbonyl (C=O) groups excluding carboxylic acids is 1. The van der Waals surface area contributed by atoms with Gasteiger partial charge >= 0.3 is 0 Å². The van der Waals surface area contributed by atoms with Gasteiger partial charge in [-0.15, -0.1) is 0 Å². The van der Waals surface area contributed by atoms with Gasteiger partial charge in [0.05, 0.1) is 6.61 Å². The highest BCUT2D eigenvalue weighted by atomic mass is 16.6. The van der Waals surface area contributed by atoms with Gasteiger partial charge in [-0.05, 0) is 5.53 Å². The maximum absolute atomic E-state index is 11.2. The van der Waals surface area contributed by atoms with Gasteiger partial charge < -0.3 is 30.5 Å². The fourth-order valence-corrected chi connectivity index (χ4v) is 1.58. The molecule has 1 saturated heterocycles. The Balaban J connectivity index is 2.64. The number of hydrogen-bond acceptors (Lipinski definition) is 7. The largest absolute Gasteiger partial charge is 0.394 e. The summed E-state index contributed by atoms with van der Waals surface area (Å²) in [4.78, 5) is 13.6. The molecule has 1 aliphatic heterocycles. The normalized spacial score (nSPS) is 35.7. The van der Waals surface area contributed by atoms with E-state index in [1.165, 1.54) is 0 Å². The minimum atomic E-state index is -1.59. The molecule has 0 bridgehead atoms. The van der Waals surface area contributed by atoms with Crippen LogP contribution < -0.4 is 5.32 Å². The molecule has 1 heterocycles. The zero-order valence-electron chi connectivity index (χ0n) is 9.25. The summed E-state index contributed by atoms with van der Waals surface area (Å²) in [6, 6.07) is -1.27. The number of ether oxygens (including phenoxy) is 1. The number of aliphatic hydroxyl groups excluding tert-OH is 4. The van der Waals surface area contributed by atoms with E-state index in [1.54, 1.807) is 0 Å². The van der Waals surface area contributed by atoms with Gasteiger partial charge in [-0.3, -0.25) is 4.79 Å². The quantitative estimate of drug-likeness (QED) is 0.208. The van der Waals surface area contributed by atoms with E-state index in [0.29, 0.717) is 0 Å². The van der Waals surface area contributed by atoms with Crippen molar-refractivity contribution in [2.75, 3.05) is 13.2 Å². The Bertz CT molecular complexity index is 346. The van der Waals surface area contributed by atoms with Crippen LogP contribution in [0.15, 0.2) is 5.11 Å². The number of hydrogen-bond donors (Lipinski definition) is 5. The summed E-state index contributed by atoms with van der Waals surface area (Å²) in [6.07, 6.45) is -5.69. The standard InChI is InChI=1S/C8H14N4O6/c9-12-10-1-4(14)11-5-7(16)6(15)3(2-13)18-8(5)17/h3,5-8,13,15-17H,1-2H2,(H,11,14)/t3?,5-,6-,7-,8+/m1/s1. The zero-order valence-corrected chi connectivity index (χ0v) is 9.25. The Morgan fingerprint density at radius 2 is 2.06 bits per heavy atom. The van der Waals surface area contributed by atoms with Gasteiger partial charge in [0.15, 0.2) is 6.29 Å². The molecular formula is C8H14N4O6. The highest BCUT2D eigenvalue weighted by Crippen LogP contribution is 2.19. The molecule has 0 aliphatic carbocycles. The van der Waals surface area contributed by atoms with E-state index in [9.17, 15) is 20.1 Å². The molecular weight excluding hydrogens is 248 g/mol. The van der Waals surface area contributed by atoms with Crippen LogP contribution >= 0.6 is 0 Å². The third kappa shape index (κ3) is 3.29. The van der Waals surface area contributed by atoms with Crippen molar-refractivity contribution in [3.05, 3.63) is 10.4 Å². The molecule has 5 N–H and O–H groups in total. The average molecular weight is 262 g/mol. The van der Waals surface area contributed by atoms with E-state index in [-0.39, 0.29) is 0 Å². The summed E-state index contributed by atoms with van der Waals surface area (Å²) in [5.74, 6) is -0.742. The van der Waals surface area contributed by atoms with E-state index < -0.39 is 49.7 Å². The molecule has 102 valence electrons. The Kier molecular flexibility index (Phi) is 5.28. The molecule has 0 aromatic rings. The van der Waals surface area contributed by atoms with E-state index in [2.05, 4.69) is 15.3 Å². The number of carbonyl (C=O) groups is 1. The fraction of sp³-hybridized carbons (Fsp3) is 0.875. The Hall–Kier alpha value is -1.42. The SMILES string of the molecule is [N-]=[N+]=NCC(=O)N[C@@H]1[C@@H](O)[C@H](O)C(CO)O[C@@H]1O. The maximum atomic E-state index is 11.2. The highest BCUT2D eigenvalue weighted by Gasteiger charge is 2.44. The van der Waals surface area contributed by atoms with Crippen LogP contribution in [0.5, 0.6) is 0 Å². The molecule has 10 heteroatoms. The molecule has 0 aromatic heterocycles. The monoisotopic (exact) mass is 262 g/mol. The summed E-state index contributed by atoms with van der Waals surface area (Å²) in [5, 5.41) is 42.7. The number of rotatable bonds is 4. The van der Waals surface area contributed by atoms with Crippen LogP contribution in [0.1, 0.15) is 0 Å². The topological polar surface area (TPSA) is 168 Å². The minimum absolute atomic E-state index is 0.508. The first kappa shape index (κ1) is 14.6. The Labute approximate surface area is 101 Å². The second-order valence-electron chi connectivity index (χ2n) is 3.71. The third-order valence-corrected chi connectivity index (χ3v) is 2.51. The first-order valence-electron chi connectivity index (χ1n) is 5.12. The second-order valence-corrected chi connectivity index (χ2v) is 3.71. The molecule has 0 spiro atoms. The highest BCUT2D eigenvalue weighted by molar-refractivity contribution is 5.78. The fourth-order valence-electron chi connectivity index (χ4n) is 1.58. The molecule has 0 saturated carbocycles. The Morgan fingerprint density at radius 3 is 2.61 bits per heavy atom. The van der Waals surface area contributed by atoms with Crippen molar-refractivity contribution in [1.82, 2.24) is 5.32 Å². The summed E-state index contributed by atoms with van der Waals surface area (Å²) >= 11 is 0. The number of amides is 1. The van der Waals surface area contributed by atoms with Crippen LogP contribution in [0.4, 0.5) is 0 Å². The summed E-state index contributed by atoms with van der Waals surface area (Å²) in [6.45, 7) is -1.10. The average Bonchev–Trinajstić information content (AvgIpc) is 2.36. The maximum Gasteiger partial charge on any atom is 0.226 e. The van der Waals surface area contributed by atoms with Gasteiger partial charge in [-0.1, -0.05) is 5.11 Å². The van der Waals surface area contributed by atoms with E-state index in [0.717, 1.165) is 0 Å². The smallest absolute Gasteiger partial charge is 0.226 e. The first-order valence-corrected chi connectivity index (χ1v) is 5.12. The van der Waals surface area contributed by atoms with Crippen molar-refractivity contribution >= 4 is 5.91 Å². The summed E-state index contributed by atoms with van der Waals surface area (Å²) in [7, 11) is 0. The lowest BCUT2D eigenvalue weighted by atomic mass is 9.97. The lowest BCUT2D eigenvalue weighted by molar-refractivity contribution is -0.253. The van der Waals surface area contributed by atoms with E-state index >= 15 is 0 Å². The summed E-state index contributed by atoms with van der Waals surface area (Å²) in [5.41, 5.74) is 8.02. The van der Waals surface area contributed by atoms with Gasteiger partial charge in [0.1, 0.15) is 30.9 Å². The van der Waals surface area contributed by atoms with Gasteiger partial charge in [0, 0.05) is 4.91 Å². The second kappa shape index (κ2) is 6.50. The van der Waals surface area contributed by atoms with Crippen molar-refractivity contribution in [3.63, 3.8) is 0 Å². The van der Waals surface area contributed by atoms with Gasteiger partial charge in [0.25, 0.3) is 0 Å². The Morgan fingerprint density at radius 1 is 1.39 bits per heavy atom. The molecule has 0 aromatic carbocycles. The zero-order chi connectivity index (χ0) is 13.7. The minimum Gasteiger partial charge on any atom is -0.394 e. The van der Waals surface area contributed by atoms with Crippen LogP contribution in [0.2, 0.25) is 0 Å². The van der Waals surface area contributed by atoms with Crippen LogP contribution in [-0.4, -0.2) is 70.1 Å². The van der Waals surface area contributed by atoms with Gasteiger partial charge in [-0.25, -0.2) is 0 Å². The molecule has 10 nitrogen and oxygen atoms in total. The van der Waals surface area contributed by atoms with Crippen molar-refractivity contribution in [1.29, 1.82) is 0 Å². The van der Waals surface area contributed by atoms with Crippen LogP contribution in [0.25, 0.3) is 10.4 Å². The molecule has 1 aliphatic rings. The molecule has 5 atom stereocenters. The molecule has 1 fully saturated rings. The lowest BCUT2D eigenvalue weighted by Gasteiger charge is -2.40. The molecule has 18 heavy (non-hydrogen) atoms. The summed E-state index contributed by atoms with van der Waals surface area (Å²) < 4.78 is 4.81. The number of nitrogens with one attached hydrogen (secondary N) is 1. The van der Waals surface area contributed by atoms with Crippen LogP contribution in [0.3, 0.4) is 0 Å². The lowest BCUT2D eigenvalue weighted by Crippen LogP contribution is -2.64. The van der Waals surface area contributed by atoms with Crippen LogP contribution in [-0.2, 0) is 9.53 Å². The number of nitrogens with zero attached hydrogens (tertiary/aromatic N) is 3. The predicted molar refractivity (Wildman–Crippen MR) is 55.9 cm³/mol.